The van der Waals surface area contributed by atoms with Crippen molar-refractivity contribution in [2.75, 3.05) is 4.90 Å². The van der Waals surface area contributed by atoms with Gasteiger partial charge in [-0.3, -0.25) is 19.5 Å². The van der Waals surface area contributed by atoms with E-state index >= 15 is 0 Å². The molecule has 3 aromatic rings. The SMILES string of the molecule is Cc1ccc(C)c(/C(O)=C2\C(=O)C(=O)N(c3ccccc3O)C2c2ccccn2)c1. The molecule has 1 saturated heterocycles. The van der Waals surface area contributed by atoms with Crippen LogP contribution in [0.4, 0.5) is 5.69 Å². The molecule has 6 nitrogen and oxygen atoms in total. The normalized spacial score (nSPS) is 18.1. The van der Waals surface area contributed by atoms with Crippen LogP contribution in [0.5, 0.6) is 5.75 Å². The number of carbonyl (C=O) groups excluding carboxylic acids is 2. The molecule has 2 N–H and O–H groups in total. The number of aryl methyl sites for hydroxylation is 2. The minimum Gasteiger partial charge on any atom is -0.507 e. The monoisotopic (exact) mass is 400 g/mol. The van der Waals surface area contributed by atoms with E-state index in [9.17, 15) is 19.8 Å². The Morgan fingerprint density at radius 3 is 2.43 bits per heavy atom. The molecular formula is C24H20N2O4. The van der Waals surface area contributed by atoms with Crippen molar-refractivity contribution < 1.29 is 19.8 Å². The molecule has 1 aliphatic rings. The second kappa shape index (κ2) is 7.48. The summed E-state index contributed by atoms with van der Waals surface area (Å²) in [4.78, 5) is 31.6. The summed E-state index contributed by atoms with van der Waals surface area (Å²) in [5.41, 5.74) is 2.68. The van der Waals surface area contributed by atoms with Crippen LogP contribution in [0.3, 0.4) is 0 Å². The Bertz CT molecular complexity index is 1180. The van der Waals surface area contributed by atoms with Gasteiger partial charge in [-0.15, -0.1) is 0 Å². The van der Waals surface area contributed by atoms with Crippen molar-refractivity contribution in [3.05, 3.63) is 94.8 Å². The third kappa shape index (κ3) is 3.12. The molecule has 1 aliphatic heterocycles. The third-order valence-corrected chi connectivity index (χ3v) is 5.20. The molecule has 1 amide bonds. The molecule has 2 heterocycles. The summed E-state index contributed by atoms with van der Waals surface area (Å²) in [5, 5.41) is 21.5. The third-order valence-electron chi connectivity index (χ3n) is 5.20. The van der Waals surface area contributed by atoms with Crippen LogP contribution in [0.2, 0.25) is 0 Å². The van der Waals surface area contributed by atoms with E-state index < -0.39 is 17.7 Å². The number of aromatic hydroxyl groups is 1. The summed E-state index contributed by atoms with van der Waals surface area (Å²) >= 11 is 0. The molecule has 1 unspecified atom stereocenters. The van der Waals surface area contributed by atoms with Gasteiger partial charge in [0.2, 0.25) is 0 Å². The maximum Gasteiger partial charge on any atom is 0.300 e. The van der Waals surface area contributed by atoms with E-state index in [0.717, 1.165) is 11.1 Å². The summed E-state index contributed by atoms with van der Waals surface area (Å²) in [5.74, 6) is -2.07. The number of phenols is 1. The van der Waals surface area contributed by atoms with Gasteiger partial charge in [0, 0.05) is 11.8 Å². The topological polar surface area (TPSA) is 90.7 Å². The summed E-state index contributed by atoms with van der Waals surface area (Å²) in [6.45, 7) is 3.70. The number of pyridine rings is 1. The van der Waals surface area contributed by atoms with Crippen LogP contribution in [0.25, 0.3) is 5.76 Å². The lowest BCUT2D eigenvalue weighted by atomic mass is 9.95. The van der Waals surface area contributed by atoms with E-state index in [1.54, 1.807) is 48.7 Å². The minimum absolute atomic E-state index is 0.0596. The predicted molar refractivity (Wildman–Crippen MR) is 113 cm³/mol. The van der Waals surface area contributed by atoms with Gasteiger partial charge in [-0.2, -0.15) is 0 Å². The highest BCUT2D eigenvalue weighted by molar-refractivity contribution is 6.51. The fourth-order valence-electron chi connectivity index (χ4n) is 3.70. The Morgan fingerprint density at radius 1 is 1.00 bits per heavy atom. The molecule has 6 heteroatoms. The first kappa shape index (κ1) is 19.4. The Balaban J connectivity index is 2.00. The van der Waals surface area contributed by atoms with Gasteiger partial charge in [0.25, 0.3) is 11.7 Å². The highest BCUT2D eigenvalue weighted by atomic mass is 16.3. The van der Waals surface area contributed by atoms with Crippen molar-refractivity contribution in [3.8, 4) is 5.75 Å². The molecule has 1 atom stereocenters. The van der Waals surface area contributed by atoms with E-state index in [-0.39, 0.29) is 22.8 Å². The highest BCUT2D eigenvalue weighted by Crippen LogP contribution is 2.44. The first-order valence-corrected chi connectivity index (χ1v) is 9.47. The van der Waals surface area contributed by atoms with Crippen LogP contribution in [0, 0.1) is 13.8 Å². The first-order valence-electron chi connectivity index (χ1n) is 9.47. The lowest BCUT2D eigenvalue weighted by Gasteiger charge is -2.25. The van der Waals surface area contributed by atoms with E-state index in [1.165, 1.54) is 11.0 Å². The molecule has 4 rings (SSSR count). The van der Waals surface area contributed by atoms with E-state index in [0.29, 0.717) is 11.3 Å². The zero-order chi connectivity index (χ0) is 21.4. The van der Waals surface area contributed by atoms with E-state index in [4.69, 9.17) is 0 Å². The summed E-state index contributed by atoms with van der Waals surface area (Å²) in [6, 6.07) is 16.0. The molecule has 150 valence electrons. The number of nitrogens with zero attached hydrogens (tertiary/aromatic N) is 2. The average Bonchev–Trinajstić information content (AvgIpc) is 3.01. The number of rotatable bonds is 3. The maximum absolute atomic E-state index is 13.1. The molecular weight excluding hydrogens is 380 g/mol. The van der Waals surface area contributed by atoms with Crippen LogP contribution in [-0.2, 0) is 9.59 Å². The molecule has 0 spiro atoms. The molecule has 0 aliphatic carbocycles. The van der Waals surface area contributed by atoms with Crippen molar-refractivity contribution in [1.82, 2.24) is 4.98 Å². The van der Waals surface area contributed by atoms with Gasteiger partial charge in [-0.25, -0.2) is 0 Å². The Labute approximate surface area is 173 Å². The Morgan fingerprint density at radius 2 is 1.73 bits per heavy atom. The largest absolute Gasteiger partial charge is 0.507 e. The number of hydrogen-bond acceptors (Lipinski definition) is 5. The number of phenolic OH excluding ortho intramolecular Hbond substituents is 1. The molecule has 30 heavy (non-hydrogen) atoms. The van der Waals surface area contributed by atoms with Crippen molar-refractivity contribution in [1.29, 1.82) is 0 Å². The van der Waals surface area contributed by atoms with Gasteiger partial charge in [0.1, 0.15) is 17.6 Å². The number of aliphatic hydroxyl groups is 1. The summed E-state index contributed by atoms with van der Waals surface area (Å²) < 4.78 is 0. The van der Waals surface area contributed by atoms with Gasteiger partial charge in [0.15, 0.2) is 0 Å². The standard InChI is InChI=1S/C24H20N2O4/c1-14-10-11-15(2)16(13-14)22(28)20-21(17-7-5-6-12-25-17)26(24(30)23(20)29)18-8-3-4-9-19(18)27/h3-13,21,27-28H,1-2H3/b22-20+. The summed E-state index contributed by atoms with van der Waals surface area (Å²) in [7, 11) is 0. The van der Waals surface area contributed by atoms with Crippen LogP contribution >= 0.6 is 0 Å². The average molecular weight is 400 g/mol. The van der Waals surface area contributed by atoms with E-state index in [1.807, 2.05) is 26.0 Å². The van der Waals surface area contributed by atoms with Crippen molar-refractivity contribution in [2.45, 2.75) is 19.9 Å². The number of aliphatic hydroxyl groups excluding tert-OH is 1. The maximum atomic E-state index is 13.1. The van der Waals surface area contributed by atoms with Crippen molar-refractivity contribution in [2.24, 2.45) is 0 Å². The fourth-order valence-corrected chi connectivity index (χ4v) is 3.70. The molecule has 1 aromatic heterocycles. The molecule has 0 saturated carbocycles. The molecule has 2 aromatic carbocycles. The van der Waals surface area contributed by atoms with Crippen LogP contribution in [0.15, 0.2) is 72.4 Å². The number of Topliss-reactive ketones (excluding diaryl/α,β-unsaturated/α-hetero) is 1. The lowest BCUT2D eigenvalue weighted by Crippen LogP contribution is -2.29. The minimum atomic E-state index is -0.973. The summed E-state index contributed by atoms with van der Waals surface area (Å²) in [6.07, 6.45) is 1.55. The number of amides is 1. The number of anilines is 1. The van der Waals surface area contributed by atoms with Gasteiger partial charge >= 0.3 is 0 Å². The number of para-hydroxylation sites is 2. The smallest absolute Gasteiger partial charge is 0.300 e. The Hall–Kier alpha value is -3.93. The Kier molecular flexibility index (Phi) is 4.83. The van der Waals surface area contributed by atoms with Crippen LogP contribution < -0.4 is 4.90 Å². The number of hydrogen-bond donors (Lipinski definition) is 2. The van der Waals surface area contributed by atoms with Gasteiger partial charge in [-0.1, -0.05) is 35.9 Å². The molecule has 0 radical (unpaired) electrons. The quantitative estimate of drug-likeness (QED) is 0.394. The van der Waals surface area contributed by atoms with Crippen molar-refractivity contribution in [3.63, 3.8) is 0 Å². The number of benzene rings is 2. The first-order chi connectivity index (χ1) is 14.4. The molecule has 0 bridgehead atoms. The van der Waals surface area contributed by atoms with E-state index in [2.05, 4.69) is 4.98 Å². The van der Waals surface area contributed by atoms with Gasteiger partial charge in [0.05, 0.1) is 17.0 Å². The van der Waals surface area contributed by atoms with Crippen LogP contribution in [0.1, 0.15) is 28.4 Å². The number of ketones is 1. The zero-order valence-electron chi connectivity index (χ0n) is 16.5. The lowest BCUT2D eigenvalue weighted by molar-refractivity contribution is -0.132. The molecule has 1 fully saturated rings. The second-order valence-electron chi connectivity index (χ2n) is 7.23. The number of carbonyl (C=O) groups is 2. The zero-order valence-corrected chi connectivity index (χ0v) is 16.5. The van der Waals surface area contributed by atoms with Gasteiger partial charge in [-0.05, 0) is 49.7 Å². The fraction of sp³-hybridized carbons (Fsp3) is 0.125. The highest BCUT2D eigenvalue weighted by Gasteiger charge is 2.48. The second-order valence-corrected chi connectivity index (χ2v) is 7.23. The predicted octanol–water partition coefficient (Wildman–Crippen LogP) is 4.03. The number of aromatic nitrogens is 1. The van der Waals surface area contributed by atoms with Crippen LogP contribution in [-0.4, -0.2) is 26.9 Å². The van der Waals surface area contributed by atoms with Crippen molar-refractivity contribution >= 4 is 23.1 Å². The van der Waals surface area contributed by atoms with Gasteiger partial charge < -0.3 is 10.2 Å².